The predicted octanol–water partition coefficient (Wildman–Crippen LogP) is 1.84. The lowest BCUT2D eigenvalue weighted by molar-refractivity contribution is 0.128. The van der Waals surface area contributed by atoms with Gasteiger partial charge in [0.2, 0.25) is 0 Å². The maximum atomic E-state index is 5.11. The third-order valence-corrected chi connectivity index (χ3v) is 1.88. The summed E-state index contributed by atoms with van der Waals surface area (Å²) in [6.45, 7) is 4.82. The molecule has 1 heterocycles. The molecule has 0 bridgehead atoms. The molecule has 0 aliphatic carbocycles. The zero-order valence-electron chi connectivity index (χ0n) is 8.37. The SMILES string of the molecule is COC(C)CNc1ccc(C)cn1. The summed E-state index contributed by atoms with van der Waals surface area (Å²) in [5.74, 6) is 0.898. The Balaban J connectivity index is 2.41. The fraction of sp³-hybridized carbons (Fsp3) is 0.500. The number of rotatable bonds is 4. The number of ether oxygens (including phenoxy) is 1. The van der Waals surface area contributed by atoms with Crippen molar-refractivity contribution in [2.24, 2.45) is 0 Å². The van der Waals surface area contributed by atoms with Crippen molar-refractivity contribution >= 4 is 5.82 Å². The van der Waals surface area contributed by atoms with Crippen molar-refractivity contribution in [3.63, 3.8) is 0 Å². The van der Waals surface area contributed by atoms with E-state index in [0.717, 1.165) is 12.4 Å². The van der Waals surface area contributed by atoms with Crippen LogP contribution in [0, 0.1) is 6.92 Å². The van der Waals surface area contributed by atoms with Gasteiger partial charge < -0.3 is 10.1 Å². The van der Waals surface area contributed by atoms with E-state index in [2.05, 4.69) is 10.3 Å². The first-order valence-electron chi connectivity index (χ1n) is 4.41. The Morgan fingerprint density at radius 3 is 2.85 bits per heavy atom. The number of nitrogens with zero attached hydrogens (tertiary/aromatic N) is 1. The molecular weight excluding hydrogens is 164 g/mol. The predicted molar refractivity (Wildman–Crippen MR) is 53.9 cm³/mol. The second kappa shape index (κ2) is 4.82. The van der Waals surface area contributed by atoms with Crippen LogP contribution in [0.15, 0.2) is 18.3 Å². The van der Waals surface area contributed by atoms with Crippen LogP contribution in [-0.2, 0) is 4.74 Å². The molecule has 13 heavy (non-hydrogen) atoms. The van der Waals surface area contributed by atoms with Gasteiger partial charge in [-0.25, -0.2) is 4.98 Å². The molecule has 1 aromatic rings. The smallest absolute Gasteiger partial charge is 0.125 e. The van der Waals surface area contributed by atoms with Gasteiger partial charge in [0.05, 0.1) is 6.10 Å². The van der Waals surface area contributed by atoms with Crippen molar-refractivity contribution in [2.75, 3.05) is 19.0 Å². The lowest BCUT2D eigenvalue weighted by Gasteiger charge is -2.10. The van der Waals surface area contributed by atoms with Crippen molar-refractivity contribution in [2.45, 2.75) is 20.0 Å². The van der Waals surface area contributed by atoms with E-state index < -0.39 is 0 Å². The summed E-state index contributed by atoms with van der Waals surface area (Å²) in [7, 11) is 1.70. The molecule has 0 spiro atoms. The van der Waals surface area contributed by atoms with Gasteiger partial charge in [-0.3, -0.25) is 0 Å². The first kappa shape index (κ1) is 9.99. The molecule has 0 radical (unpaired) electrons. The number of nitrogens with one attached hydrogen (secondary N) is 1. The summed E-state index contributed by atoms with van der Waals surface area (Å²) in [5, 5.41) is 3.19. The monoisotopic (exact) mass is 180 g/mol. The van der Waals surface area contributed by atoms with Crippen molar-refractivity contribution in [3.8, 4) is 0 Å². The molecule has 1 aromatic heterocycles. The van der Waals surface area contributed by atoms with Gasteiger partial charge in [0.1, 0.15) is 5.82 Å². The number of aryl methyl sites for hydroxylation is 1. The minimum absolute atomic E-state index is 0.211. The second-order valence-electron chi connectivity index (χ2n) is 3.15. The Morgan fingerprint density at radius 2 is 2.31 bits per heavy atom. The first-order chi connectivity index (χ1) is 6.22. The number of methoxy groups -OCH3 is 1. The summed E-state index contributed by atoms with van der Waals surface area (Å²) in [4.78, 5) is 4.22. The van der Waals surface area contributed by atoms with E-state index in [0.29, 0.717) is 0 Å². The Morgan fingerprint density at radius 1 is 1.54 bits per heavy atom. The van der Waals surface area contributed by atoms with E-state index in [4.69, 9.17) is 4.74 Å². The molecule has 1 unspecified atom stereocenters. The Hall–Kier alpha value is -1.09. The minimum atomic E-state index is 0.211. The summed E-state index contributed by atoms with van der Waals surface area (Å²) in [5.41, 5.74) is 1.17. The Labute approximate surface area is 79.1 Å². The number of anilines is 1. The molecule has 72 valence electrons. The maximum absolute atomic E-state index is 5.11. The third kappa shape index (κ3) is 3.42. The van der Waals surface area contributed by atoms with Crippen molar-refractivity contribution in [1.29, 1.82) is 0 Å². The van der Waals surface area contributed by atoms with Gasteiger partial charge in [-0.05, 0) is 25.5 Å². The molecule has 1 rings (SSSR count). The molecule has 0 saturated carbocycles. The van der Waals surface area contributed by atoms with Crippen LogP contribution in [0.25, 0.3) is 0 Å². The van der Waals surface area contributed by atoms with Gasteiger partial charge in [0.25, 0.3) is 0 Å². The highest BCUT2D eigenvalue weighted by molar-refractivity contribution is 5.35. The van der Waals surface area contributed by atoms with E-state index >= 15 is 0 Å². The van der Waals surface area contributed by atoms with Crippen LogP contribution in [0.1, 0.15) is 12.5 Å². The molecule has 0 aromatic carbocycles. The molecule has 3 heteroatoms. The fourth-order valence-corrected chi connectivity index (χ4v) is 0.904. The number of hydrogen-bond donors (Lipinski definition) is 1. The molecular formula is C10H16N2O. The van der Waals surface area contributed by atoms with Crippen molar-refractivity contribution in [3.05, 3.63) is 23.9 Å². The normalized spacial score (nSPS) is 12.5. The average Bonchev–Trinajstić information content (AvgIpc) is 2.16. The van der Waals surface area contributed by atoms with E-state index in [9.17, 15) is 0 Å². The van der Waals surface area contributed by atoms with E-state index in [1.165, 1.54) is 5.56 Å². The van der Waals surface area contributed by atoms with E-state index in [-0.39, 0.29) is 6.10 Å². The first-order valence-corrected chi connectivity index (χ1v) is 4.41. The van der Waals surface area contributed by atoms with Gasteiger partial charge >= 0.3 is 0 Å². The summed E-state index contributed by atoms with van der Waals surface area (Å²) >= 11 is 0. The van der Waals surface area contributed by atoms with E-state index in [1.54, 1.807) is 7.11 Å². The Kier molecular flexibility index (Phi) is 3.71. The van der Waals surface area contributed by atoms with Gasteiger partial charge in [0.15, 0.2) is 0 Å². The van der Waals surface area contributed by atoms with Gasteiger partial charge in [0, 0.05) is 19.9 Å². The van der Waals surface area contributed by atoms with Crippen LogP contribution in [0.4, 0.5) is 5.82 Å². The highest BCUT2D eigenvalue weighted by atomic mass is 16.5. The molecule has 0 aliphatic rings. The lowest BCUT2D eigenvalue weighted by Crippen LogP contribution is -2.18. The van der Waals surface area contributed by atoms with Crippen LogP contribution >= 0.6 is 0 Å². The zero-order valence-corrected chi connectivity index (χ0v) is 8.37. The van der Waals surface area contributed by atoms with E-state index in [1.807, 2.05) is 32.2 Å². The van der Waals surface area contributed by atoms with Gasteiger partial charge in [-0.2, -0.15) is 0 Å². The Bertz CT molecular complexity index is 246. The van der Waals surface area contributed by atoms with Crippen LogP contribution < -0.4 is 5.32 Å². The average molecular weight is 180 g/mol. The largest absolute Gasteiger partial charge is 0.380 e. The molecule has 0 aliphatic heterocycles. The van der Waals surface area contributed by atoms with Crippen LogP contribution in [0.5, 0.6) is 0 Å². The number of hydrogen-bond acceptors (Lipinski definition) is 3. The molecule has 0 saturated heterocycles. The summed E-state index contributed by atoms with van der Waals surface area (Å²) in [6, 6.07) is 4.00. The molecule has 0 amide bonds. The second-order valence-corrected chi connectivity index (χ2v) is 3.15. The summed E-state index contributed by atoms with van der Waals surface area (Å²) < 4.78 is 5.11. The highest BCUT2D eigenvalue weighted by Gasteiger charge is 1.98. The van der Waals surface area contributed by atoms with Crippen molar-refractivity contribution < 1.29 is 4.74 Å². The minimum Gasteiger partial charge on any atom is -0.380 e. The lowest BCUT2D eigenvalue weighted by atomic mass is 10.3. The quantitative estimate of drug-likeness (QED) is 0.767. The molecule has 1 atom stereocenters. The van der Waals surface area contributed by atoms with Crippen LogP contribution in [0.3, 0.4) is 0 Å². The fourth-order valence-electron chi connectivity index (χ4n) is 0.904. The number of aromatic nitrogens is 1. The zero-order chi connectivity index (χ0) is 9.68. The third-order valence-electron chi connectivity index (χ3n) is 1.88. The standard InChI is InChI=1S/C10H16N2O/c1-8-4-5-10(11-6-8)12-7-9(2)13-3/h4-6,9H,7H2,1-3H3,(H,11,12). The number of pyridine rings is 1. The molecule has 0 fully saturated rings. The van der Waals surface area contributed by atoms with Gasteiger partial charge in [-0.1, -0.05) is 6.07 Å². The van der Waals surface area contributed by atoms with Gasteiger partial charge in [-0.15, -0.1) is 0 Å². The van der Waals surface area contributed by atoms with Crippen LogP contribution in [-0.4, -0.2) is 24.7 Å². The van der Waals surface area contributed by atoms with Crippen molar-refractivity contribution in [1.82, 2.24) is 4.98 Å². The molecule has 3 nitrogen and oxygen atoms in total. The highest BCUT2D eigenvalue weighted by Crippen LogP contribution is 2.03. The molecule has 1 N–H and O–H groups in total. The summed E-state index contributed by atoms with van der Waals surface area (Å²) in [6.07, 6.45) is 2.06. The maximum Gasteiger partial charge on any atom is 0.125 e. The van der Waals surface area contributed by atoms with Crippen LogP contribution in [0.2, 0.25) is 0 Å². The topological polar surface area (TPSA) is 34.1 Å².